The number of aromatic nitrogens is 1. The van der Waals surface area contributed by atoms with E-state index in [9.17, 15) is 9.59 Å². The SMILES string of the molecule is O=C(NCC[NH+]1CCOCC1)/C(=C/c1ccc[nH]1)NC(=O)c1ccccc1. The molecule has 1 aromatic heterocycles. The molecule has 2 aromatic rings. The van der Waals surface area contributed by atoms with Crippen molar-refractivity contribution in [3.63, 3.8) is 0 Å². The van der Waals surface area contributed by atoms with E-state index in [2.05, 4.69) is 15.6 Å². The first-order valence-electron chi connectivity index (χ1n) is 9.13. The van der Waals surface area contributed by atoms with E-state index in [0.717, 1.165) is 38.5 Å². The summed E-state index contributed by atoms with van der Waals surface area (Å²) in [6.45, 7) is 4.79. The van der Waals surface area contributed by atoms with Gasteiger partial charge in [-0.2, -0.15) is 0 Å². The van der Waals surface area contributed by atoms with E-state index in [0.29, 0.717) is 12.1 Å². The van der Waals surface area contributed by atoms with Gasteiger partial charge in [0.05, 0.1) is 26.3 Å². The van der Waals surface area contributed by atoms with Crippen molar-refractivity contribution >= 4 is 17.9 Å². The molecule has 142 valence electrons. The van der Waals surface area contributed by atoms with Crippen LogP contribution in [-0.4, -0.2) is 56.2 Å². The molecule has 0 atom stereocenters. The minimum absolute atomic E-state index is 0.211. The number of H-pyrrole nitrogens is 1. The van der Waals surface area contributed by atoms with E-state index in [1.54, 1.807) is 36.5 Å². The average molecular weight is 369 g/mol. The van der Waals surface area contributed by atoms with Crippen molar-refractivity contribution in [1.82, 2.24) is 15.6 Å². The molecule has 7 nitrogen and oxygen atoms in total. The van der Waals surface area contributed by atoms with Crippen molar-refractivity contribution in [2.24, 2.45) is 0 Å². The number of hydrogen-bond donors (Lipinski definition) is 4. The standard InChI is InChI=1S/C20H24N4O3/c25-19(16-5-2-1-3-6-16)23-18(15-17-7-4-8-21-17)20(26)22-9-10-24-11-13-27-14-12-24/h1-8,15,21H,9-14H2,(H,22,26)(H,23,25)/p+1/b18-15-. The second kappa shape index (κ2) is 9.70. The fourth-order valence-electron chi connectivity index (χ4n) is 2.89. The Kier molecular flexibility index (Phi) is 6.78. The fourth-order valence-corrected chi connectivity index (χ4v) is 2.89. The first-order valence-corrected chi connectivity index (χ1v) is 9.13. The predicted molar refractivity (Wildman–Crippen MR) is 102 cm³/mol. The van der Waals surface area contributed by atoms with Crippen LogP contribution in [0.2, 0.25) is 0 Å². The van der Waals surface area contributed by atoms with Crippen LogP contribution in [0.25, 0.3) is 6.08 Å². The van der Waals surface area contributed by atoms with Crippen LogP contribution in [0.15, 0.2) is 54.4 Å². The summed E-state index contributed by atoms with van der Waals surface area (Å²) in [5, 5.41) is 5.62. The maximum Gasteiger partial charge on any atom is 0.268 e. The highest BCUT2D eigenvalue weighted by Gasteiger charge is 2.17. The fraction of sp³-hybridized carbons (Fsp3) is 0.300. The summed E-state index contributed by atoms with van der Waals surface area (Å²) in [7, 11) is 0. The third kappa shape index (κ3) is 5.80. The highest BCUT2D eigenvalue weighted by molar-refractivity contribution is 6.05. The Balaban J connectivity index is 1.62. The minimum Gasteiger partial charge on any atom is -0.370 e. The molecule has 2 amide bonds. The maximum absolute atomic E-state index is 12.6. The quantitative estimate of drug-likeness (QED) is 0.511. The predicted octanol–water partition coefficient (Wildman–Crippen LogP) is -0.183. The molecular weight excluding hydrogens is 344 g/mol. The van der Waals surface area contributed by atoms with Gasteiger partial charge in [-0.05, 0) is 30.3 Å². The van der Waals surface area contributed by atoms with Crippen LogP contribution in [0.3, 0.4) is 0 Å². The summed E-state index contributed by atoms with van der Waals surface area (Å²) in [5.74, 6) is -0.621. The highest BCUT2D eigenvalue weighted by Crippen LogP contribution is 2.05. The Bertz CT molecular complexity index is 766. The van der Waals surface area contributed by atoms with Crippen molar-refractivity contribution in [3.05, 3.63) is 65.6 Å². The van der Waals surface area contributed by atoms with Gasteiger partial charge in [-0.3, -0.25) is 9.59 Å². The molecule has 0 aliphatic carbocycles. The zero-order chi connectivity index (χ0) is 18.9. The van der Waals surface area contributed by atoms with Crippen LogP contribution in [0, 0.1) is 0 Å². The molecule has 1 aliphatic heterocycles. The topological polar surface area (TPSA) is 87.7 Å². The highest BCUT2D eigenvalue weighted by atomic mass is 16.5. The van der Waals surface area contributed by atoms with Gasteiger partial charge in [0.2, 0.25) is 0 Å². The number of aromatic amines is 1. The lowest BCUT2D eigenvalue weighted by molar-refractivity contribution is -0.906. The van der Waals surface area contributed by atoms with Gasteiger partial charge < -0.3 is 25.3 Å². The molecule has 1 saturated heterocycles. The molecule has 0 saturated carbocycles. The summed E-state index contributed by atoms with van der Waals surface area (Å²) in [6, 6.07) is 12.5. The van der Waals surface area contributed by atoms with Crippen molar-refractivity contribution in [2.75, 3.05) is 39.4 Å². The van der Waals surface area contributed by atoms with E-state index in [-0.39, 0.29) is 17.5 Å². The summed E-state index contributed by atoms with van der Waals surface area (Å²) < 4.78 is 5.34. The monoisotopic (exact) mass is 369 g/mol. The van der Waals surface area contributed by atoms with E-state index >= 15 is 0 Å². The number of amides is 2. The number of carbonyl (C=O) groups is 2. The van der Waals surface area contributed by atoms with Crippen LogP contribution < -0.4 is 15.5 Å². The molecular formula is C20H25N4O3+. The minimum atomic E-state index is -0.317. The molecule has 27 heavy (non-hydrogen) atoms. The van der Waals surface area contributed by atoms with Gasteiger partial charge in [-0.1, -0.05) is 18.2 Å². The number of nitrogens with one attached hydrogen (secondary N) is 4. The van der Waals surface area contributed by atoms with Crippen LogP contribution in [0.1, 0.15) is 16.1 Å². The molecule has 1 aromatic carbocycles. The normalized spacial score (nSPS) is 15.3. The number of morpholine rings is 1. The van der Waals surface area contributed by atoms with E-state index in [1.807, 2.05) is 18.2 Å². The largest absolute Gasteiger partial charge is 0.370 e. The van der Waals surface area contributed by atoms with Crippen LogP contribution in [0.4, 0.5) is 0 Å². The van der Waals surface area contributed by atoms with Gasteiger partial charge in [0, 0.05) is 17.5 Å². The van der Waals surface area contributed by atoms with Gasteiger partial charge in [0.25, 0.3) is 11.8 Å². The van der Waals surface area contributed by atoms with Crippen molar-refractivity contribution in [1.29, 1.82) is 0 Å². The zero-order valence-corrected chi connectivity index (χ0v) is 15.2. The molecule has 1 fully saturated rings. The number of carbonyl (C=O) groups excluding carboxylic acids is 2. The lowest BCUT2D eigenvalue weighted by Gasteiger charge is -2.23. The molecule has 1 aliphatic rings. The summed E-state index contributed by atoms with van der Waals surface area (Å²) in [4.78, 5) is 29.5. The van der Waals surface area contributed by atoms with Crippen molar-refractivity contribution in [3.8, 4) is 0 Å². The Hall–Kier alpha value is -2.90. The Morgan fingerprint density at radius 3 is 2.59 bits per heavy atom. The molecule has 4 N–H and O–H groups in total. The summed E-state index contributed by atoms with van der Waals surface area (Å²) in [6.07, 6.45) is 3.40. The lowest BCUT2D eigenvalue weighted by atomic mass is 10.2. The van der Waals surface area contributed by atoms with Crippen molar-refractivity contribution in [2.45, 2.75) is 0 Å². The summed E-state index contributed by atoms with van der Waals surface area (Å²) in [5.41, 5.74) is 1.45. The molecule has 0 bridgehead atoms. The Morgan fingerprint density at radius 2 is 1.89 bits per heavy atom. The van der Waals surface area contributed by atoms with Crippen molar-refractivity contribution < 1.29 is 19.2 Å². The second-order valence-corrected chi connectivity index (χ2v) is 6.37. The average Bonchev–Trinajstić information content (AvgIpc) is 3.22. The number of rotatable bonds is 7. The maximum atomic E-state index is 12.6. The molecule has 2 heterocycles. The van der Waals surface area contributed by atoms with Crippen LogP contribution in [-0.2, 0) is 9.53 Å². The van der Waals surface area contributed by atoms with Gasteiger partial charge in [-0.25, -0.2) is 0 Å². The first kappa shape index (κ1) is 18.9. The van der Waals surface area contributed by atoms with Gasteiger partial charge in [0.15, 0.2) is 0 Å². The third-order valence-electron chi connectivity index (χ3n) is 4.41. The molecule has 0 unspecified atom stereocenters. The van der Waals surface area contributed by atoms with Gasteiger partial charge >= 0.3 is 0 Å². The number of quaternary nitrogens is 1. The summed E-state index contributed by atoms with van der Waals surface area (Å²) >= 11 is 0. The Labute approximate surface area is 158 Å². The first-order chi connectivity index (χ1) is 13.2. The number of hydrogen-bond acceptors (Lipinski definition) is 3. The third-order valence-corrected chi connectivity index (χ3v) is 4.41. The van der Waals surface area contributed by atoms with Gasteiger partial charge in [-0.15, -0.1) is 0 Å². The number of ether oxygens (including phenoxy) is 1. The molecule has 0 radical (unpaired) electrons. The second-order valence-electron chi connectivity index (χ2n) is 6.37. The van der Waals surface area contributed by atoms with E-state index in [4.69, 9.17) is 4.74 Å². The van der Waals surface area contributed by atoms with Crippen LogP contribution in [0.5, 0.6) is 0 Å². The number of benzene rings is 1. The zero-order valence-electron chi connectivity index (χ0n) is 15.2. The van der Waals surface area contributed by atoms with E-state index in [1.165, 1.54) is 4.90 Å². The molecule has 0 spiro atoms. The van der Waals surface area contributed by atoms with Gasteiger partial charge in [0.1, 0.15) is 18.8 Å². The van der Waals surface area contributed by atoms with Crippen LogP contribution >= 0.6 is 0 Å². The lowest BCUT2D eigenvalue weighted by Crippen LogP contribution is -3.14. The molecule has 7 heteroatoms. The molecule has 3 rings (SSSR count). The van der Waals surface area contributed by atoms with E-state index < -0.39 is 0 Å². The smallest absolute Gasteiger partial charge is 0.268 e. The Morgan fingerprint density at radius 1 is 1.11 bits per heavy atom.